The number of benzene rings is 1. The van der Waals surface area contributed by atoms with E-state index in [-0.39, 0.29) is 11.7 Å². The third-order valence-electron chi connectivity index (χ3n) is 2.31. The molecule has 1 aromatic carbocycles. The van der Waals surface area contributed by atoms with Crippen molar-refractivity contribution in [2.45, 2.75) is 33.7 Å². The van der Waals surface area contributed by atoms with Gasteiger partial charge in [-0.3, -0.25) is 4.79 Å². The van der Waals surface area contributed by atoms with Gasteiger partial charge in [0.1, 0.15) is 5.82 Å². The maximum atomic E-state index is 13.0. The number of carbonyl (C=O) groups excluding carboxylic acids is 1. The summed E-state index contributed by atoms with van der Waals surface area (Å²) >= 11 is 0. The molecule has 1 amide bonds. The Balaban J connectivity index is 2.48. The van der Waals surface area contributed by atoms with Gasteiger partial charge in [-0.1, -0.05) is 26.0 Å². The lowest BCUT2D eigenvalue weighted by Crippen LogP contribution is -2.23. The Morgan fingerprint density at radius 3 is 2.69 bits per heavy atom. The molecule has 0 bridgehead atoms. The Labute approximate surface area is 95.9 Å². The molecule has 0 aliphatic heterocycles. The second kappa shape index (κ2) is 5.64. The number of amides is 1. The smallest absolute Gasteiger partial charge is 0.220 e. The van der Waals surface area contributed by atoms with Gasteiger partial charge in [-0.05, 0) is 30.0 Å². The van der Waals surface area contributed by atoms with Gasteiger partial charge in [-0.25, -0.2) is 4.39 Å². The van der Waals surface area contributed by atoms with Crippen LogP contribution in [0.3, 0.4) is 0 Å². The Bertz CT molecular complexity index is 374. The van der Waals surface area contributed by atoms with E-state index >= 15 is 0 Å². The second-order valence-corrected chi connectivity index (χ2v) is 4.46. The lowest BCUT2D eigenvalue weighted by atomic mass is 10.1. The van der Waals surface area contributed by atoms with Crippen LogP contribution < -0.4 is 5.32 Å². The minimum Gasteiger partial charge on any atom is -0.352 e. The Morgan fingerprint density at radius 2 is 2.12 bits per heavy atom. The molecular formula is C13H18FNO. The summed E-state index contributed by atoms with van der Waals surface area (Å²) in [7, 11) is 0. The molecule has 0 saturated heterocycles. The number of carbonyl (C=O) groups is 1. The van der Waals surface area contributed by atoms with Gasteiger partial charge in [0.2, 0.25) is 5.91 Å². The molecule has 0 aromatic heterocycles. The highest BCUT2D eigenvalue weighted by Gasteiger charge is 2.05. The van der Waals surface area contributed by atoms with Crippen molar-refractivity contribution < 1.29 is 9.18 Å². The lowest BCUT2D eigenvalue weighted by Gasteiger charge is -2.08. The van der Waals surface area contributed by atoms with Crippen LogP contribution in [-0.4, -0.2) is 5.91 Å². The van der Waals surface area contributed by atoms with E-state index in [2.05, 4.69) is 5.32 Å². The zero-order valence-corrected chi connectivity index (χ0v) is 10.0. The van der Waals surface area contributed by atoms with Crippen molar-refractivity contribution >= 4 is 5.91 Å². The highest BCUT2D eigenvalue weighted by molar-refractivity contribution is 5.76. The summed E-state index contributed by atoms with van der Waals surface area (Å²) < 4.78 is 13.0. The fraction of sp³-hybridized carbons (Fsp3) is 0.462. The van der Waals surface area contributed by atoms with Gasteiger partial charge < -0.3 is 5.32 Å². The van der Waals surface area contributed by atoms with E-state index in [0.717, 1.165) is 5.56 Å². The number of hydrogen-bond acceptors (Lipinski definition) is 1. The lowest BCUT2D eigenvalue weighted by molar-refractivity contribution is -0.121. The first-order valence-electron chi connectivity index (χ1n) is 5.50. The van der Waals surface area contributed by atoms with Gasteiger partial charge >= 0.3 is 0 Å². The minimum atomic E-state index is -0.211. The number of aryl methyl sites for hydroxylation is 1. The van der Waals surface area contributed by atoms with Crippen molar-refractivity contribution in [2.24, 2.45) is 5.92 Å². The van der Waals surface area contributed by atoms with Crippen molar-refractivity contribution in [2.75, 3.05) is 0 Å². The van der Waals surface area contributed by atoms with Gasteiger partial charge in [0.25, 0.3) is 0 Å². The molecule has 16 heavy (non-hydrogen) atoms. The minimum absolute atomic E-state index is 0.0389. The second-order valence-electron chi connectivity index (χ2n) is 4.46. The molecule has 0 atom stereocenters. The predicted molar refractivity (Wildman–Crippen MR) is 62.4 cm³/mol. The summed E-state index contributed by atoms with van der Waals surface area (Å²) in [5.74, 6) is 0.184. The first kappa shape index (κ1) is 12.7. The standard InChI is InChI=1S/C13H18FNO/c1-9(2)6-13(16)15-8-11-4-5-12(14)10(3)7-11/h4-5,7,9H,6,8H2,1-3H3,(H,15,16). The molecule has 2 nitrogen and oxygen atoms in total. The van der Waals surface area contributed by atoms with Crippen molar-refractivity contribution in [3.8, 4) is 0 Å². The fourth-order valence-corrected chi connectivity index (χ4v) is 1.46. The Hall–Kier alpha value is -1.38. The van der Waals surface area contributed by atoms with Gasteiger partial charge in [0, 0.05) is 13.0 Å². The highest BCUT2D eigenvalue weighted by atomic mass is 19.1. The van der Waals surface area contributed by atoms with E-state index in [1.807, 2.05) is 13.8 Å². The summed E-state index contributed by atoms with van der Waals surface area (Å²) in [5.41, 5.74) is 1.53. The van der Waals surface area contributed by atoms with Crippen LogP contribution in [0.15, 0.2) is 18.2 Å². The third-order valence-corrected chi connectivity index (χ3v) is 2.31. The zero-order valence-electron chi connectivity index (χ0n) is 10.0. The van der Waals surface area contributed by atoms with Crippen LogP contribution in [0, 0.1) is 18.7 Å². The van der Waals surface area contributed by atoms with Crippen LogP contribution in [-0.2, 0) is 11.3 Å². The summed E-state index contributed by atoms with van der Waals surface area (Å²) in [6, 6.07) is 4.88. The molecule has 0 aliphatic carbocycles. The molecule has 0 fully saturated rings. The van der Waals surface area contributed by atoms with E-state index in [1.165, 1.54) is 6.07 Å². The first-order chi connectivity index (χ1) is 7.49. The predicted octanol–water partition coefficient (Wildman–Crippen LogP) is 2.80. The van der Waals surface area contributed by atoms with Crippen LogP contribution in [0.4, 0.5) is 4.39 Å². The summed E-state index contributed by atoms with van der Waals surface area (Å²) in [4.78, 5) is 11.4. The highest BCUT2D eigenvalue weighted by Crippen LogP contribution is 2.09. The molecule has 0 radical (unpaired) electrons. The third kappa shape index (κ3) is 4.01. The topological polar surface area (TPSA) is 29.1 Å². The molecule has 1 aromatic rings. The molecule has 0 unspecified atom stereocenters. The number of hydrogen-bond donors (Lipinski definition) is 1. The van der Waals surface area contributed by atoms with Crippen molar-refractivity contribution in [3.63, 3.8) is 0 Å². The van der Waals surface area contributed by atoms with Gasteiger partial charge in [0.05, 0.1) is 0 Å². The molecule has 0 aliphatic rings. The molecule has 0 saturated carbocycles. The van der Waals surface area contributed by atoms with Gasteiger partial charge in [0.15, 0.2) is 0 Å². The summed E-state index contributed by atoms with van der Waals surface area (Å²) in [6.07, 6.45) is 0.528. The average molecular weight is 223 g/mol. The molecule has 1 N–H and O–H groups in total. The maximum absolute atomic E-state index is 13.0. The first-order valence-corrected chi connectivity index (χ1v) is 5.50. The van der Waals surface area contributed by atoms with Gasteiger partial charge in [-0.2, -0.15) is 0 Å². The number of halogens is 1. The molecule has 0 spiro atoms. The average Bonchev–Trinajstić information content (AvgIpc) is 2.19. The Kier molecular flexibility index (Phi) is 4.47. The van der Waals surface area contributed by atoms with E-state index < -0.39 is 0 Å². The molecular weight excluding hydrogens is 205 g/mol. The summed E-state index contributed by atoms with van der Waals surface area (Å²) in [6.45, 7) is 6.19. The van der Waals surface area contributed by atoms with E-state index in [1.54, 1.807) is 19.1 Å². The van der Waals surface area contributed by atoms with Crippen LogP contribution in [0.5, 0.6) is 0 Å². The molecule has 3 heteroatoms. The Morgan fingerprint density at radius 1 is 1.44 bits per heavy atom. The fourth-order valence-electron chi connectivity index (χ4n) is 1.46. The normalized spacial score (nSPS) is 10.6. The van der Waals surface area contributed by atoms with Crippen LogP contribution in [0.1, 0.15) is 31.4 Å². The van der Waals surface area contributed by atoms with E-state index in [0.29, 0.717) is 24.4 Å². The van der Waals surface area contributed by atoms with Crippen molar-refractivity contribution in [1.29, 1.82) is 0 Å². The molecule has 0 heterocycles. The quantitative estimate of drug-likeness (QED) is 0.835. The van der Waals surface area contributed by atoms with Crippen molar-refractivity contribution in [1.82, 2.24) is 5.32 Å². The molecule has 88 valence electrons. The van der Waals surface area contributed by atoms with Crippen LogP contribution >= 0.6 is 0 Å². The van der Waals surface area contributed by atoms with E-state index in [4.69, 9.17) is 0 Å². The number of rotatable bonds is 4. The SMILES string of the molecule is Cc1cc(CNC(=O)CC(C)C)ccc1F. The maximum Gasteiger partial charge on any atom is 0.220 e. The van der Waals surface area contributed by atoms with Gasteiger partial charge in [-0.15, -0.1) is 0 Å². The molecule has 1 rings (SSSR count). The van der Waals surface area contributed by atoms with Crippen LogP contribution in [0.2, 0.25) is 0 Å². The van der Waals surface area contributed by atoms with Crippen LogP contribution in [0.25, 0.3) is 0 Å². The largest absolute Gasteiger partial charge is 0.352 e. The summed E-state index contributed by atoms with van der Waals surface area (Å²) in [5, 5.41) is 2.82. The van der Waals surface area contributed by atoms with E-state index in [9.17, 15) is 9.18 Å². The van der Waals surface area contributed by atoms with Crippen molar-refractivity contribution in [3.05, 3.63) is 35.1 Å². The monoisotopic (exact) mass is 223 g/mol. The number of nitrogens with one attached hydrogen (secondary N) is 1. The zero-order chi connectivity index (χ0) is 12.1.